The van der Waals surface area contributed by atoms with Crippen molar-refractivity contribution in [2.24, 2.45) is 0 Å². The predicted octanol–water partition coefficient (Wildman–Crippen LogP) is 4.26. The number of rotatable bonds is 6. The number of carbonyl (C=O) groups excluding carboxylic acids is 1. The van der Waals surface area contributed by atoms with E-state index in [2.05, 4.69) is 9.97 Å². The number of carbonyl (C=O) groups is 1. The van der Waals surface area contributed by atoms with Crippen LogP contribution in [0.2, 0.25) is 0 Å². The molecule has 0 saturated heterocycles. The number of thiazole rings is 1. The molecule has 0 radical (unpaired) electrons. The zero-order chi connectivity index (χ0) is 21.1. The van der Waals surface area contributed by atoms with Crippen LogP contribution < -0.4 is 14.4 Å². The molecule has 0 aliphatic rings. The molecule has 30 heavy (non-hydrogen) atoms. The molecule has 0 unspecified atom stereocenters. The van der Waals surface area contributed by atoms with Crippen molar-refractivity contribution < 1.29 is 14.3 Å². The van der Waals surface area contributed by atoms with Gasteiger partial charge in [0.2, 0.25) is 5.88 Å². The largest absolute Gasteiger partial charge is 0.481 e. The molecule has 0 saturated carbocycles. The summed E-state index contributed by atoms with van der Waals surface area (Å²) < 4.78 is 11.4. The second-order valence-corrected chi connectivity index (χ2v) is 7.59. The summed E-state index contributed by atoms with van der Waals surface area (Å²) >= 11 is 1.47. The first-order valence-electron chi connectivity index (χ1n) is 9.28. The lowest BCUT2D eigenvalue weighted by Crippen LogP contribution is -2.31. The first-order chi connectivity index (χ1) is 14.6. The lowest BCUT2D eigenvalue weighted by Gasteiger charge is -2.20. The van der Waals surface area contributed by atoms with E-state index in [4.69, 9.17) is 14.5 Å². The zero-order valence-corrected chi connectivity index (χ0v) is 17.6. The average Bonchev–Trinajstić information content (AvgIpc) is 3.22. The number of benzene rings is 2. The molecule has 1 amide bonds. The number of hydrogen-bond acceptors (Lipinski definition) is 7. The van der Waals surface area contributed by atoms with E-state index in [9.17, 15) is 4.79 Å². The number of fused-ring (bicyclic) bond motifs is 1. The summed E-state index contributed by atoms with van der Waals surface area (Å²) in [6, 6.07) is 17.3. The SMILES string of the molecule is COc1cc(C(=O)N(Cc2ccccc2)c2nc3c(C)cccc3s2)nc(OC)n1. The molecule has 4 rings (SSSR count). The summed E-state index contributed by atoms with van der Waals surface area (Å²) in [6.07, 6.45) is 0. The average molecular weight is 420 g/mol. The monoisotopic (exact) mass is 420 g/mol. The fourth-order valence-corrected chi connectivity index (χ4v) is 4.07. The molecular formula is C22H20N4O3S. The van der Waals surface area contributed by atoms with Crippen LogP contribution in [0.15, 0.2) is 54.6 Å². The van der Waals surface area contributed by atoms with Crippen molar-refractivity contribution in [1.82, 2.24) is 15.0 Å². The summed E-state index contributed by atoms with van der Waals surface area (Å²) in [5, 5.41) is 0.602. The molecule has 0 aliphatic heterocycles. The van der Waals surface area contributed by atoms with Crippen LogP contribution in [0, 0.1) is 6.92 Å². The van der Waals surface area contributed by atoms with E-state index >= 15 is 0 Å². The van der Waals surface area contributed by atoms with Gasteiger partial charge in [-0.05, 0) is 24.1 Å². The van der Waals surface area contributed by atoms with Gasteiger partial charge in [0.15, 0.2) is 5.13 Å². The highest BCUT2D eigenvalue weighted by atomic mass is 32.1. The number of methoxy groups -OCH3 is 2. The standard InChI is InChI=1S/C22H20N4O3S/c1-14-8-7-11-17-19(14)25-22(30-17)26(13-15-9-5-4-6-10-15)20(27)16-12-18(28-2)24-21(23-16)29-3/h4-12H,13H2,1-3H3. The summed E-state index contributed by atoms with van der Waals surface area (Å²) in [7, 11) is 2.93. The van der Waals surface area contributed by atoms with Crippen LogP contribution in [0.25, 0.3) is 10.2 Å². The lowest BCUT2D eigenvalue weighted by molar-refractivity contribution is 0.0978. The van der Waals surface area contributed by atoms with Crippen LogP contribution in [0.3, 0.4) is 0 Å². The molecule has 0 fully saturated rings. The maximum atomic E-state index is 13.5. The molecule has 2 aromatic heterocycles. The van der Waals surface area contributed by atoms with Crippen LogP contribution in [-0.2, 0) is 6.54 Å². The molecular weight excluding hydrogens is 400 g/mol. The van der Waals surface area contributed by atoms with Gasteiger partial charge in [-0.3, -0.25) is 9.69 Å². The van der Waals surface area contributed by atoms with Crippen molar-refractivity contribution >= 4 is 32.6 Å². The summed E-state index contributed by atoms with van der Waals surface area (Å²) in [5.74, 6) is -0.0560. The third-order valence-electron chi connectivity index (χ3n) is 4.56. The normalized spacial score (nSPS) is 10.8. The van der Waals surface area contributed by atoms with E-state index in [1.807, 2.05) is 55.5 Å². The quantitative estimate of drug-likeness (QED) is 0.464. The molecule has 7 nitrogen and oxygen atoms in total. The number of nitrogens with zero attached hydrogens (tertiary/aromatic N) is 4. The number of anilines is 1. The molecule has 4 aromatic rings. The van der Waals surface area contributed by atoms with Crippen molar-refractivity contribution in [1.29, 1.82) is 0 Å². The van der Waals surface area contributed by atoms with Crippen LogP contribution >= 0.6 is 11.3 Å². The van der Waals surface area contributed by atoms with Gasteiger partial charge in [0.05, 0.1) is 31.0 Å². The maximum absolute atomic E-state index is 13.5. The Balaban J connectivity index is 1.80. The Kier molecular flexibility index (Phi) is 5.58. The van der Waals surface area contributed by atoms with E-state index in [1.54, 1.807) is 4.90 Å². The van der Waals surface area contributed by atoms with Gasteiger partial charge in [0.25, 0.3) is 5.91 Å². The highest BCUT2D eigenvalue weighted by molar-refractivity contribution is 7.22. The van der Waals surface area contributed by atoms with Crippen LogP contribution in [0.5, 0.6) is 11.9 Å². The lowest BCUT2D eigenvalue weighted by atomic mass is 10.2. The third kappa shape index (κ3) is 3.95. The Morgan fingerprint density at radius 2 is 1.80 bits per heavy atom. The first-order valence-corrected chi connectivity index (χ1v) is 10.1. The summed E-state index contributed by atoms with van der Waals surface area (Å²) in [6.45, 7) is 2.36. The molecule has 0 N–H and O–H groups in total. The van der Waals surface area contributed by atoms with Crippen LogP contribution in [0.4, 0.5) is 5.13 Å². The Hall–Kier alpha value is -3.52. The van der Waals surface area contributed by atoms with E-state index in [-0.39, 0.29) is 23.5 Å². The van der Waals surface area contributed by atoms with Crippen molar-refractivity contribution in [3.8, 4) is 11.9 Å². The molecule has 2 aromatic carbocycles. The van der Waals surface area contributed by atoms with Gasteiger partial charge in [-0.15, -0.1) is 0 Å². The zero-order valence-electron chi connectivity index (χ0n) is 16.8. The Morgan fingerprint density at radius 1 is 1.00 bits per heavy atom. The van der Waals surface area contributed by atoms with Gasteiger partial charge in [0, 0.05) is 6.07 Å². The second-order valence-electron chi connectivity index (χ2n) is 6.58. The van der Waals surface area contributed by atoms with Gasteiger partial charge in [-0.25, -0.2) is 4.98 Å². The van der Waals surface area contributed by atoms with Gasteiger partial charge in [-0.1, -0.05) is 53.8 Å². The topological polar surface area (TPSA) is 77.4 Å². The number of aromatic nitrogens is 3. The van der Waals surface area contributed by atoms with Gasteiger partial charge < -0.3 is 9.47 Å². The van der Waals surface area contributed by atoms with E-state index in [0.29, 0.717) is 11.7 Å². The maximum Gasteiger partial charge on any atom is 0.320 e. The number of aryl methyl sites for hydroxylation is 1. The molecule has 0 atom stereocenters. The number of ether oxygens (including phenoxy) is 2. The fourth-order valence-electron chi connectivity index (χ4n) is 3.03. The van der Waals surface area contributed by atoms with Crippen molar-refractivity contribution in [3.05, 3.63) is 71.4 Å². The van der Waals surface area contributed by atoms with Crippen molar-refractivity contribution in [3.63, 3.8) is 0 Å². The van der Waals surface area contributed by atoms with Gasteiger partial charge in [-0.2, -0.15) is 9.97 Å². The third-order valence-corrected chi connectivity index (χ3v) is 5.61. The predicted molar refractivity (Wildman–Crippen MR) is 116 cm³/mol. The molecule has 0 spiro atoms. The van der Waals surface area contributed by atoms with Crippen molar-refractivity contribution in [2.75, 3.05) is 19.1 Å². The van der Waals surface area contributed by atoms with E-state index in [1.165, 1.54) is 31.6 Å². The minimum atomic E-state index is -0.311. The highest BCUT2D eigenvalue weighted by Gasteiger charge is 2.25. The molecule has 0 aliphatic carbocycles. The number of para-hydroxylation sites is 1. The second kappa shape index (κ2) is 8.46. The Labute approximate surface area is 177 Å². The Morgan fingerprint density at radius 3 is 2.50 bits per heavy atom. The van der Waals surface area contributed by atoms with Gasteiger partial charge in [0.1, 0.15) is 5.69 Å². The van der Waals surface area contributed by atoms with Crippen LogP contribution in [-0.4, -0.2) is 35.1 Å². The first kappa shape index (κ1) is 19.8. The minimum Gasteiger partial charge on any atom is -0.481 e. The minimum absolute atomic E-state index is 0.0671. The Bertz CT molecular complexity index is 1170. The van der Waals surface area contributed by atoms with Crippen molar-refractivity contribution in [2.45, 2.75) is 13.5 Å². The molecule has 2 heterocycles. The molecule has 152 valence electrons. The molecule has 0 bridgehead atoms. The fraction of sp³-hybridized carbons (Fsp3) is 0.182. The molecule has 8 heteroatoms. The summed E-state index contributed by atoms with van der Waals surface area (Å²) in [5.41, 5.74) is 3.11. The van der Waals surface area contributed by atoms with E-state index < -0.39 is 0 Å². The smallest absolute Gasteiger partial charge is 0.320 e. The summed E-state index contributed by atoms with van der Waals surface area (Å²) in [4.78, 5) is 28.2. The van der Waals surface area contributed by atoms with Gasteiger partial charge >= 0.3 is 6.01 Å². The number of amides is 1. The number of hydrogen-bond donors (Lipinski definition) is 0. The van der Waals surface area contributed by atoms with Crippen LogP contribution in [0.1, 0.15) is 21.6 Å². The highest BCUT2D eigenvalue weighted by Crippen LogP contribution is 2.32. The van der Waals surface area contributed by atoms with E-state index in [0.717, 1.165) is 21.3 Å².